The van der Waals surface area contributed by atoms with E-state index < -0.39 is 6.10 Å². The van der Waals surface area contributed by atoms with E-state index in [0.29, 0.717) is 58.8 Å². The quantitative estimate of drug-likeness (QED) is 0.572. The number of anilines is 2. The Morgan fingerprint density at radius 3 is 2.51 bits per heavy atom. The Bertz CT molecular complexity index is 1330. The maximum Gasteiger partial charge on any atom is 0.267 e. The monoisotopic (exact) mass is 505 g/mol. The molecular weight excluding hydrogens is 474 g/mol. The zero-order chi connectivity index (χ0) is 25.5. The molecule has 1 saturated carbocycles. The smallest absolute Gasteiger partial charge is 0.267 e. The van der Waals surface area contributed by atoms with Gasteiger partial charge in [-0.3, -0.25) is 4.79 Å². The van der Waals surface area contributed by atoms with Gasteiger partial charge in [-0.15, -0.1) is 0 Å². The number of carbonyl (C=O) groups is 1. The fourth-order valence-corrected chi connectivity index (χ4v) is 5.81. The zero-order valence-electron chi connectivity index (χ0n) is 21.1. The van der Waals surface area contributed by atoms with Crippen molar-refractivity contribution in [1.29, 1.82) is 0 Å². The van der Waals surface area contributed by atoms with E-state index in [1.165, 1.54) is 0 Å². The number of methoxy groups -OCH3 is 2. The Labute approximate surface area is 215 Å². The molecule has 194 valence electrons. The number of nitrogens with two attached hydrogens (primary N) is 1. The number of hydrogen-bond donors (Lipinski definition) is 1. The van der Waals surface area contributed by atoms with Crippen LogP contribution in [-0.2, 0) is 4.79 Å². The van der Waals surface area contributed by atoms with Gasteiger partial charge in [0.1, 0.15) is 12.4 Å². The van der Waals surface area contributed by atoms with Gasteiger partial charge in [0.25, 0.3) is 5.91 Å². The standard InChI is InChI=1S/C27H31N5O5/c1-34-22-13-16-17(14-23(22)35-2)29-27(30-25(16)28)32-12-11-31(18-7-3-4-8-19(18)32)26(33)24-15-36-20-9-5-6-10-21(20)37-24/h5-6,9-10,13-14,18-19,24H,3-4,7-8,11-12,15H2,1-2H3,(H2,28,29,30)/t18-,19-,24?/m0/s1. The summed E-state index contributed by atoms with van der Waals surface area (Å²) in [7, 11) is 3.18. The number of para-hydroxylation sites is 2. The lowest BCUT2D eigenvalue weighted by atomic mass is 9.86. The van der Waals surface area contributed by atoms with Crippen molar-refractivity contribution in [2.45, 2.75) is 43.9 Å². The summed E-state index contributed by atoms with van der Waals surface area (Å²) in [6.45, 7) is 1.37. The van der Waals surface area contributed by atoms with Gasteiger partial charge in [-0.25, -0.2) is 4.98 Å². The van der Waals surface area contributed by atoms with Crippen LogP contribution in [0.2, 0.25) is 0 Å². The normalized spacial score (nSPS) is 22.9. The molecule has 2 N–H and O–H groups in total. The second-order valence-electron chi connectivity index (χ2n) is 9.64. The van der Waals surface area contributed by atoms with E-state index in [1.54, 1.807) is 20.3 Å². The third-order valence-electron chi connectivity index (χ3n) is 7.62. The molecule has 2 aromatic carbocycles. The van der Waals surface area contributed by atoms with E-state index in [2.05, 4.69) is 9.88 Å². The van der Waals surface area contributed by atoms with E-state index >= 15 is 0 Å². The predicted octanol–water partition coefficient (Wildman–Crippen LogP) is 3.03. The van der Waals surface area contributed by atoms with E-state index in [0.717, 1.165) is 25.7 Å². The lowest BCUT2D eigenvalue weighted by molar-refractivity contribution is -0.145. The Morgan fingerprint density at radius 2 is 1.73 bits per heavy atom. The number of rotatable bonds is 4. The van der Waals surface area contributed by atoms with Gasteiger partial charge in [0.05, 0.1) is 31.8 Å². The molecule has 1 saturated heterocycles. The number of nitrogens with zero attached hydrogens (tertiary/aromatic N) is 4. The van der Waals surface area contributed by atoms with Gasteiger partial charge < -0.3 is 34.5 Å². The molecule has 3 aromatic rings. The summed E-state index contributed by atoms with van der Waals surface area (Å²) in [5.74, 6) is 3.38. The van der Waals surface area contributed by atoms with Gasteiger partial charge in [-0.1, -0.05) is 25.0 Å². The summed E-state index contributed by atoms with van der Waals surface area (Å²) < 4.78 is 22.8. The molecule has 10 heteroatoms. The van der Waals surface area contributed by atoms with Crippen LogP contribution < -0.4 is 29.6 Å². The second-order valence-corrected chi connectivity index (χ2v) is 9.64. The summed E-state index contributed by atoms with van der Waals surface area (Å²) in [6, 6.07) is 11.2. The predicted molar refractivity (Wildman–Crippen MR) is 139 cm³/mol. The highest BCUT2D eigenvalue weighted by molar-refractivity contribution is 5.92. The van der Waals surface area contributed by atoms with Crippen molar-refractivity contribution in [2.24, 2.45) is 0 Å². The van der Waals surface area contributed by atoms with Gasteiger partial charge in [0.15, 0.2) is 23.0 Å². The van der Waals surface area contributed by atoms with Crippen LogP contribution in [0, 0.1) is 0 Å². The first-order valence-corrected chi connectivity index (χ1v) is 12.7. The molecule has 3 atom stereocenters. The largest absolute Gasteiger partial charge is 0.493 e. The van der Waals surface area contributed by atoms with Gasteiger partial charge in [0, 0.05) is 24.5 Å². The Hall–Kier alpha value is -3.95. The van der Waals surface area contributed by atoms with Crippen LogP contribution in [0.5, 0.6) is 23.0 Å². The average molecular weight is 506 g/mol. The first kappa shape index (κ1) is 23.4. The Kier molecular flexibility index (Phi) is 6.02. The first-order valence-electron chi connectivity index (χ1n) is 12.7. The van der Waals surface area contributed by atoms with Crippen LogP contribution in [0.1, 0.15) is 25.7 Å². The SMILES string of the molecule is COc1cc2nc(N3CCN(C(=O)C4COc5ccccc5O4)[C@H]4CCCC[C@@H]43)nc(N)c2cc1OC. The van der Waals surface area contributed by atoms with Gasteiger partial charge in [-0.2, -0.15) is 4.98 Å². The third kappa shape index (κ3) is 4.10. The number of piperazine rings is 1. The molecule has 3 aliphatic rings. The fourth-order valence-electron chi connectivity index (χ4n) is 5.81. The molecular formula is C27H31N5O5. The van der Waals surface area contributed by atoms with E-state index in [9.17, 15) is 4.79 Å². The van der Waals surface area contributed by atoms with Crippen molar-refractivity contribution in [3.05, 3.63) is 36.4 Å². The molecule has 0 radical (unpaired) electrons. The summed E-state index contributed by atoms with van der Waals surface area (Å²) in [4.78, 5) is 27.4. The summed E-state index contributed by atoms with van der Waals surface area (Å²) in [5, 5.41) is 0.713. The number of hydrogen-bond acceptors (Lipinski definition) is 9. The van der Waals surface area contributed by atoms with Crippen molar-refractivity contribution in [1.82, 2.24) is 14.9 Å². The van der Waals surface area contributed by atoms with Gasteiger partial charge >= 0.3 is 0 Å². The van der Waals surface area contributed by atoms with Crippen LogP contribution in [-0.4, -0.2) is 72.9 Å². The molecule has 2 aliphatic heterocycles. The number of nitrogen functional groups attached to an aromatic ring is 1. The molecule has 1 amide bonds. The lowest BCUT2D eigenvalue weighted by Gasteiger charge is -2.50. The fraction of sp³-hybridized carbons (Fsp3) is 0.444. The molecule has 1 unspecified atom stereocenters. The third-order valence-corrected chi connectivity index (χ3v) is 7.62. The molecule has 37 heavy (non-hydrogen) atoms. The zero-order valence-corrected chi connectivity index (χ0v) is 21.1. The van der Waals surface area contributed by atoms with Gasteiger partial charge in [0.2, 0.25) is 12.1 Å². The van der Waals surface area contributed by atoms with E-state index in [-0.39, 0.29) is 24.6 Å². The molecule has 3 heterocycles. The molecule has 0 spiro atoms. The minimum absolute atomic E-state index is 0.0261. The van der Waals surface area contributed by atoms with Crippen LogP contribution in [0.15, 0.2) is 36.4 Å². The highest BCUT2D eigenvalue weighted by Gasteiger charge is 2.44. The van der Waals surface area contributed by atoms with E-state index in [4.69, 9.17) is 29.7 Å². The van der Waals surface area contributed by atoms with Crippen molar-refractivity contribution in [3.8, 4) is 23.0 Å². The highest BCUT2D eigenvalue weighted by atomic mass is 16.6. The molecule has 1 aromatic heterocycles. The highest BCUT2D eigenvalue weighted by Crippen LogP contribution is 2.38. The van der Waals surface area contributed by atoms with Crippen LogP contribution in [0.3, 0.4) is 0 Å². The number of ether oxygens (including phenoxy) is 4. The Morgan fingerprint density at radius 1 is 1.00 bits per heavy atom. The summed E-state index contributed by atoms with van der Waals surface area (Å²) in [6.07, 6.45) is 3.38. The molecule has 10 nitrogen and oxygen atoms in total. The first-order chi connectivity index (χ1) is 18.1. The second kappa shape index (κ2) is 9.49. The number of carbonyl (C=O) groups excluding carboxylic acids is 1. The number of aromatic nitrogens is 2. The van der Waals surface area contributed by atoms with Crippen molar-refractivity contribution in [2.75, 3.05) is 44.5 Å². The average Bonchev–Trinajstić information content (AvgIpc) is 2.95. The maximum atomic E-state index is 13.6. The minimum atomic E-state index is -0.654. The van der Waals surface area contributed by atoms with Crippen molar-refractivity contribution < 1.29 is 23.7 Å². The summed E-state index contributed by atoms with van der Waals surface area (Å²) >= 11 is 0. The number of fused-ring (bicyclic) bond motifs is 3. The van der Waals surface area contributed by atoms with Gasteiger partial charge in [-0.05, 0) is 31.0 Å². The van der Waals surface area contributed by atoms with Crippen LogP contribution >= 0.6 is 0 Å². The molecule has 0 bridgehead atoms. The summed E-state index contributed by atoms with van der Waals surface area (Å²) in [5.41, 5.74) is 7.08. The van der Waals surface area contributed by atoms with E-state index in [1.807, 2.05) is 35.2 Å². The van der Waals surface area contributed by atoms with Crippen LogP contribution in [0.4, 0.5) is 11.8 Å². The number of amides is 1. The van der Waals surface area contributed by atoms with Crippen molar-refractivity contribution >= 4 is 28.6 Å². The van der Waals surface area contributed by atoms with Crippen molar-refractivity contribution in [3.63, 3.8) is 0 Å². The molecule has 6 rings (SSSR count). The topological polar surface area (TPSA) is 112 Å². The molecule has 1 aliphatic carbocycles. The lowest BCUT2D eigenvalue weighted by Crippen LogP contribution is -2.64. The Balaban J connectivity index is 1.27. The maximum absolute atomic E-state index is 13.6. The molecule has 2 fully saturated rings. The van der Waals surface area contributed by atoms with Crippen LogP contribution in [0.25, 0.3) is 10.9 Å². The minimum Gasteiger partial charge on any atom is -0.493 e. The number of benzene rings is 2.